The fourth-order valence-electron chi connectivity index (χ4n) is 0.751. The summed E-state index contributed by atoms with van der Waals surface area (Å²) in [5.41, 5.74) is 0. The molecule has 5 nitrogen and oxygen atoms in total. The van der Waals surface area contributed by atoms with Crippen molar-refractivity contribution in [1.29, 1.82) is 0 Å². The predicted molar refractivity (Wildman–Crippen MR) is 59.0 cm³/mol. The monoisotopic (exact) mass is 228 g/mol. The zero-order chi connectivity index (χ0) is 13.0. The third-order valence-electron chi connectivity index (χ3n) is 2.13. The summed E-state index contributed by atoms with van der Waals surface area (Å²) in [5, 5.41) is 0. The van der Waals surface area contributed by atoms with Gasteiger partial charge in [-0.25, -0.2) is 9.59 Å². The summed E-state index contributed by atoms with van der Waals surface area (Å²) in [6.07, 6.45) is 2.02. The molecule has 0 saturated heterocycles. The summed E-state index contributed by atoms with van der Waals surface area (Å²) in [5.74, 6) is -2.74. The molecular weight excluding hydrogens is 210 g/mol. The molecule has 0 spiro atoms. The minimum Gasteiger partial charge on any atom is -0.371 e. The van der Waals surface area contributed by atoms with Crippen LogP contribution in [0.3, 0.4) is 0 Å². The van der Waals surface area contributed by atoms with Crippen LogP contribution in [0.2, 0.25) is 0 Å². The smallest absolute Gasteiger partial charge is 0.371 e. The van der Waals surface area contributed by atoms with Crippen LogP contribution >= 0.6 is 0 Å². The second-order valence-electron chi connectivity index (χ2n) is 4.16. The number of esters is 2. The Morgan fingerprint density at radius 2 is 1.38 bits per heavy atom. The van der Waals surface area contributed by atoms with Crippen molar-refractivity contribution in [2.45, 2.75) is 12.8 Å². The number of hydrogen-bond acceptors (Lipinski definition) is 4. The Morgan fingerprint density at radius 1 is 1.06 bits per heavy atom. The van der Waals surface area contributed by atoms with Gasteiger partial charge in [0.1, 0.15) is 0 Å². The lowest BCUT2D eigenvalue weighted by Gasteiger charge is -2.39. The lowest BCUT2D eigenvalue weighted by atomic mass is 10.4. The number of carbonyl (C=O) groups excluding carboxylic acids is 2. The van der Waals surface area contributed by atoms with Gasteiger partial charge in [0.15, 0.2) is 0 Å². The SMILES string of the molecule is C=CC(=O)OC(C)(OC(=O)C=C)[N+](C)(C)C. The molecule has 0 radical (unpaired) electrons. The largest absolute Gasteiger partial charge is 0.405 e. The van der Waals surface area contributed by atoms with E-state index in [0.29, 0.717) is 0 Å². The molecule has 16 heavy (non-hydrogen) atoms. The van der Waals surface area contributed by atoms with Crippen LogP contribution in [-0.2, 0) is 19.1 Å². The average Bonchev–Trinajstić information content (AvgIpc) is 2.15. The Morgan fingerprint density at radius 3 is 1.56 bits per heavy atom. The molecule has 0 heterocycles. The summed E-state index contributed by atoms with van der Waals surface area (Å²) in [6, 6.07) is 0. The van der Waals surface area contributed by atoms with Crippen LogP contribution in [0.4, 0.5) is 0 Å². The standard InChI is InChI=1S/C11H18NO4/c1-7-9(13)15-11(3,12(4,5)6)16-10(14)8-2/h7-8H,1-2H2,3-6H3/q+1. The molecule has 0 aromatic carbocycles. The highest BCUT2D eigenvalue weighted by Gasteiger charge is 2.46. The van der Waals surface area contributed by atoms with Crippen LogP contribution < -0.4 is 0 Å². The van der Waals surface area contributed by atoms with E-state index in [-0.39, 0.29) is 4.48 Å². The molecule has 0 amide bonds. The Hall–Kier alpha value is -1.62. The Balaban J connectivity index is 5.03. The second kappa shape index (κ2) is 4.94. The van der Waals surface area contributed by atoms with Crippen LogP contribution in [0.5, 0.6) is 0 Å². The van der Waals surface area contributed by atoms with E-state index >= 15 is 0 Å². The molecule has 0 unspecified atom stereocenters. The minimum absolute atomic E-state index is 0.103. The van der Waals surface area contributed by atoms with Gasteiger partial charge in [0, 0.05) is 12.2 Å². The van der Waals surface area contributed by atoms with Gasteiger partial charge in [-0.1, -0.05) is 13.2 Å². The summed E-state index contributed by atoms with van der Waals surface area (Å²) in [4.78, 5) is 22.4. The third-order valence-corrected chi connectivity index (χ3v) is 2.13. The number of quaternary nitrogens is 1. The van der Waals surface area contributed by atoms with Crippen LogP contribution in [0.1, 0.15) is 6.92 Å². The molecule has 0 aliphatic carbocycles. The first-order chi connectivity index (χ1) is 7.16. The van der Waals surface area contributed by atoms with Crippen LogP contribution in [0.25, 0.3) is 0 Å². The van der Waals surface area contributed by atoms with Crippen molar-refractivity contribution in [3.63, 3.8) is 0 Å². The van der Waals surface area contributed by atoms with Crippen molar-refractivity contribution in [2.75, 3.05) is 21.1 Å². The molecule has 0 aliphatic rings. The summed E-state index contributed by atoms with van der Waals surface area (Å²) in [7, 11) is 5.19. The topological polar surface area (TPSA) is 52.6 Å². The van der Waals surface area contributed by atoms with E-state index in [1.807, 2.05) is 0 Å². The fourth-order valence-corrected chi connectivity index (χ4v) is 0.751. The van der Waals surface area contributed by atoms with Crippen molar-refractivity contribution in [3.05, 3.63) is 25.3 Å². The first-order valence-electron chi connectivity index (χ1n) is 4.68. The molecule has 90 valence electrons. The zero-order valence-electron chi connectivity index (χ0n) is 10.1. The van der Waals surface area contributed by atoms with Gasteiger partial charge in [0.2, 0.25) is 0 Å². The lowest BCUT2D eigenvalue weighted by Crippen LogP contribution is -2.59. The molecule has 5 heteroatoms. The molecule has 0 fully saturated rings. The van der Waals surface area contributed by atoms with Crippen molar-refractivity contribution in [1.82, 2.24) is 0 Å². The van der Waals surface area contributed by atoms with E-state index in [1.54, 1.807) is 21.1 Å². The van der Waals surface area contributed by atoms with Gasteiger partial charge in [-0.15, -0.1) is 0 Å². The Kier molecular flexibility index (Phi) is 4.44. The normalized spacial score (nSPS) is 11.5. The van der Waals surface area contributed by atoms with E-state index in [9.17, 15) is 9.59 Å². The van der Waals surface area contributed by atoms with E-state index in [4.69, 9.17) is 9.47 Å². The van der Waals surface area contributed by atoms with Crippen LogP contribution in [-0.4, -0.2) is 43.5 Å². The molecular formula is C11H18NO4+. The zero-order valence-corrected chi connectivity index (χ0v) is 10.1. The summed E-state index contributed by atoms with van der Waals surface area (Å²) < 4.78 is 10.2. The number of nitrogens with zero attached hydrogens (tertiary/aromatic N) is 1. The summed E-state index contributed by atoms with van der Waals surface area (Å²) >= 11 is 0. The lowest BCUT2D eigenvalue weighted by molar-refractivity contribution is -0.971. The van der Waals surface area contributed by atoms with E-state index < -0.39 is 17.8 Å². The maximum atomic E-state index is 11.2. The number of hydrogen-bond donors (Lipinski definition) is 0. The fraction of sp³-hybridized carbons (Fsp3) is 0.455. The van der Waals surface area contributed by atoms with Gasteiger partial charge >= 0.3 is 17.8 Å². The first-order valence-corrected chi connectivity index (χ1v) is 4.68. The van der Waals surface area contributed by atoms with Gasteiger partial charge in [0.25, 0.3) is 0 Å². The Bertz CT molecular complexity index is 292. The maximum Gasteiger partial charge on any atom is 0.405 e. The molecule has 0 N–H and O–H groups in total. The maximum absolute atomic E-state index is 11.2. The number of rotatable bonds is 5. The van der Waals surface area contributed by atoms with Crippen molar-refractivity contribution < 1.29 is 23.5 Å². The predicted octanol–water partition coefficient (Wildman–Crippen LogP) is 0.825. The molecule has 0 rings (SSSR count). The second-order valence-corrected chi connectivity index (χ2v) is 4.16. The minimum atomic E-state index is -1.42. The highest BCUT2D eigenvalue weighted by molar-refractivity contribution is 5.83. The Labute approximate surface area is 95.5 Å². The molecule has 0 atom stereocenters. The van der Waals surface area contributed by atoms with Crippen molar-refractivity contribution in [3.8, 4) is 0 Å². The van der Waals surface area contributed by atoms with E-state index in [1.165, 1.54) is 6.92 Å². The van der Waals surface area contributed by atoms with E-state index in [2.05, 4.69) is 13.2 Å². The van der Waals surface area contributed by atoms with Crippen LogP contribution in [0, 0.1) is 0 Å². The highest BCUT2D eigenvalue weighted by Crippen LogP contribution is 2.22. The van der Waals surface area contributed by atoms with Gasteiger partial charge < -0.3 is 9.47 Å². The van der Waals surface area contributed by atoms with Gasteiger partial charge in [-0.2, -0.15) is 0 Å². The van der Waals surface area contributed by atoms with E-state index in [0.717, 1.165) is 12.2 Å². The molecule has 0 aromatic heterocycles. The van der Waals surface area contributed by atoms with Gasteiger partial charge in [-0.3, -0.25) is 4.48 Å². The van der Waals surface area contributed by atoms with Crippen molar-refractivity contribution >= 4 is 11.9 Å². The molecule has 0 aliphatic heterocycles. The van der Waals surface area contributed by atoms with Crippen molar-refractivity contribution in [2.24, 2.45) is 0 Å². The highest BCUT2D eigenvalue weighted by atomic mass is 16.8. The van der Waals surface area contributed by atoms with Crippen LogP contribution in [0.15, 0.2) is 25.3 Å². The first kappa shape index (κ1) is 14.4. The van der Waals surface area contributed by atoms with Gasteiger partial charge in [-0.05, 0) is 0 Å². The summed E-state index contributed by atoms with van der Waals surface area (Å²) in [6.45, 7) is 8.06. The molecule has 0 saturated carbocycles. The number of ether oxygens (including phenoxy) is 2. The quantitative estimate of drug-likeness (QED) is 0.302. The van der Waals surface area contributed by atoms with Gasteiger partial charge in [0.05, 0.1) is 28.1 Å². The molecule has 0 bridgehead atoms. The number of carbonyl (C=O) groups is 2. The average molecular weight is 228 g/mol. The molecule has 0 aromatic rings. The third kappa shape index (κ3) is 3.51.